The number of carbonyl (C=O) groups is 1. The first kappa shape index (κ1) is 19.7. The van der Waals surface area contributed by atoms with Crippen molar-refractivity contribution >= 4 is 34.1 Å². The van der Waals surface area contributed by atoms with Crippen LogP contribution in [0.2, 0.25) is 0 Å². The average molecular weight is 416 g/mol. The molecule has 0 aliphatic carbocycles. The maximum atomic E-state index is 12.2. The number of hydrogen-bond acceptors (Lipinski definition) is 10. The van der Waals surface area contributed by atoms with Crippen molar-refractivity contribution in [3.05, 3.63) is 40.3 Å². The first-order valence-corrected chi connectivity index (χ1v) is 9.93. The van der Waals surface area contributed by atoms with Crippen LogP contribution in [0.5, 0.6) is 5.75 Å². The number of nitrogens with zero attached hydrogens (tertiary/aromatic N) is 5. The van der Waals surface area contributed by atoms with E-state index >= 15 is 0 Å². The van der Waals surface area contributed by atoms with Crippen LogP contribution in [0.1, 0.15) is 27.7 Å². The van der Waals surface area contributed by atoms with Crippen LogP contribution in [0, 0.1) is 11.3 Å². The average Bonchev–Trinajstić information content (AvgIpc) is 3.30. The largest absolute Gasteiger partial charge is 0.494 e. The molecule has 9 nitrogen and oxygen atoms in total. The molecular formula is C17H16N6O3S2. The number of ether oxygens (including phenoxy) is 2. The topological polar surface area (TPSA) is 129 Å². The smallest absolute Gasteiger partial charge is 0.348 e. The van der Waals surface area contributed by atoms with Gasteiger partial charge in [-0.25, -0.2) is 4.79 Å². The second kappa shape index (κ2) is 8.73. The van der Waals surface area contributed by atoms with E-state index in [1.54, 1.807) is 20.1 Å². The van der Waals surface area contributed by atoms with E-state index in [9.17, 15) is 10.1 Å². The van der Waals surface area contributed by atoms with Crippen LogP contribution in [-0.2, 0) is 10.5 Å². The van der Waals surface area contributed by atoms with E-state index in [1.165, 1.54) is 16.4 Å². The van der Waals surface area contributed by atoms with E-state index < -0.39 is 5.97 Å². The van der Waals surface area contributed by atoms with E-state index in [1.807, 2.05) is 18.2 Å². The molecule has 144 valence electrons. The number of thioether (sulfide) groups is 1. The van der Waals surface area contributed by atoms with Gasteiger partial charge >= 0.3 is 5.97 Å². The lowest BCUT2D eigenvalue weighted by Gasteiger charge is -2.09. The maximum absolute atomic E-state index is 12.2. The normalized spacial score (nSPS) is 10.5. The summed E-state index contributed by atoms with van der Waals surface area (Å²) >= 11 is 2.32. The number of tetrazole rings is 1. The minimum absolute atomic E-state index is 0.233. The molecule has 0 radical (unpaired) electrons. The van der Waals surface area contributed by atoms with E-state index in [0.717, 1.165) is 11.3 Å². The Morgan fingerprint density at radius 1 is 1.43 bits per heavy atom. The fraction of sp³-hybridized carbons (Fsp3) is 0.235. The zero-order valence-corrected chi connectivity index (χ0v) is 16.7. The number of methoxy groups -OCH3 is 1. The van der Waals surface area contributed by atoms with Gasteiger partial charge in [0.1, 0.15) is 27.4 Å². The molecule has 0 saturated carbocycles. The summed E-state index contributed by atoms with van der Waals surface area (Å²) in [4.78, 5) is 12.6. The number of anilines is 1. The third kappa shape index (κ3) is 3.78. The highest BCUT2D eigenvalue weighted by atomic mass is 32.2. The third-order valence-corrected chi connectivity index (χ3v) is 5.69. The Kier molecular flexibility index (Phi) is 6.13. The number of nitriles is 1. The Balaban J connectivity index is 1.92. The number of para-hydroxylation sites is 2. The summed E-state index contributed by atoms with van der Waals surface area (Å²) in [5.74, 6) is 0.391. The minimum atomic E-state index is -0.499. The summed E-state index contributed by atoms with van der Waals surface area (Å²) in [5.41, 5.74) is 7.38. The summed E-state index contributed by atoms with van der Waals surface area (Å²) in [7, 11) is 1.56. The van der Waals surface area contributed by atoms with Gasteiger partial charge in [0.15, 0.2) is 0 Å². The molecule has 0 spiro atoms. The summed E-state index contributed by atoms with van der Waals surface area (Å²) < 4.78 is 12.0. The highest BCUT2D eigenvalue weighted by Gasteiger charge is 2.24. The second-order valence-corrected chi connectivity index (χ2v) is 7.31. The second-order valence-electron chi connectivity index (χ2n) is 5.32. The highest BCUT2D eigenvalue weighted by Crippen LogP contribution is 2.36. The number of esters is 1. The number of nitrogens with two attached hydrogens (primary N) is 1. The SMILES string of the molecule is CCOC(=O)c1sc(N)c(C#N)c1CSc1nnnn1-c1ccccc1OC. The number of nitrogen functional groups attached to an aromatic ring is 1. The quantitative estimate of drug-likeness (QED) is 0.456. The van der Waals surface area contributed by atoms with Gasteiger partial charge in [-0.05, 0) is 29.5 Å². The van der Waals surface area contributed by atoms with Crippen molar-refractivity contribution in [2.24, 2.45) is 0 Å². The molecule has 0 bridgehead atoms. The molecule has 0 unspecified atom stereocenters. The van der Waals surface area contributed by atoms with Crippen molar-refractivity contribution in [2.75, 3.05) is 19.5 Å². The van der Waals surface area contributed by atoms with Crippen molar-refractivity contribution in [2.45, 2.75) is 17.8 Å². The maximum Gasteiger partial charge on any atom is 0.348 e. The Bertz CT molecular complexity index is 1040. The molecule has 1 aromatic carbocycles. The summed E-state index contributed by atoms with van der Waals surface area (Å²) in [6.07, 6.45) is 0. The van der Waals surface area contributed by atoms with Crippen LogP contribution in [0.15, 0.2) is 29.4 Å². The first-order chi connectivity index (χ1) is 13.6. The van der Waals surface area contributed by atoms with Gasteiger partial charge in [0.05, 0.1) is 19.3 Å². The van der Waals surface area contributed by atoms with Crippen molar-refractivity contribution < 1.29 is 14.3 Å². The molecule has 0 aliphatic rings. The van der Waals surface area contributed by atoms with Gasteiger partial charge < -0.3 is 15.2 Å². The molecule has 0 aliphatic heterocycles. The number of carbonyl (C=O) groups excluding carboxylic acids is 1. The van der Waals surface area contributed by atoms with Crippen molar-refractivity contribution in [3.8, 4) is 17.5 Å². The first-order valence-electron chi connectivity index (χ1n) is 8.13. The number of benzene rings is 1. The number of rotatable bonds is 7. The van der Waals surface area contributed by atoms with Crippen LogP contribution < -0.4 is 10.5 Å². The van der Waals surface area contributed by atoms with Crippen molar-refractivity contribution in [1.29, 1.82) is 5.26 Å². The van der Waals surface area contributed by atoms with Gasteiger partial charge in [-0.2, -0.15) is 9.94 Å². The molecule has 0 fully saturated rings. The monoisotopic (exact) mass is 416 g/mol. The third-order valence-electron chi connectivity index (χ3n) is 3.71. The fourth-order valence-electron chi connectivity index (χ4n) is 2.47. The Morgan fingerprint density at radius 2 is 2.21 bits per heavy atom. The van der Waals surface area contributed by atoms with Crippen LogP contribution in [0.25, 0.3) is 5.69 Å². The van der Waals surface area contributed by atoms with Crippen LogP contribution in [0.4, 0.5) is 5.00 Å². The Morgan fingerprint density at radius 3 is 2.93 bits per heavy atom. The zero-order valence-electron chi connectivity index (χ0n) is 15.1. The lowest BCUT2D eigenvalue weighted by Crippen LogP contribution is -2.06. The predicted molar refractivity (Wildman–Crippen MR) is 105 cm³/mol. The van der Waals surface area contributed by atoms with Crippen molar-refractivity contribution in [3.63, 3.8) is 0 Å². The summed E-state index contributed by atoms with van der Waals surface area (Å²) in [6.45, 7) is 1.95. The molecule has 3 aromatic rings. The van der Waals surface area contributed by atoms with Crippen LogP contribution in [-0.4, -0.2) is 39.9 Å². The van der Waals surface area contributed by atoms with E-state index in [-0.39, 0.29) is 22.9 Å². The summed E-state index contributed by atoms with van der Waals surface area (Å²) in [5, 5.41) is 22.0. The number of thiophene rings is 1. The Labute approximate surface area is 169 Å². The van der Waals surface area contributed by atoms with Gasteiger partial charge in [-0.15, -0.1) is 16.4 Å². The predicted octanol–water partition coefficient (Wildman–Crippen LogP) is 2.66. The van der Waals surface area contributed by atoms with E-state index in [2.05, 4.69) is 21.6 Å². The van der Waals surface area contributed by atoms with Gasteiger partial charge in [-0.1, -0.05) is 23.9 Å². The standard InChI is InChI=1S/C17H16N6O3S2/c1-3-26-16(24)14-11(10(8-18)15(19)28-14)9-27-17-20-21-22-23(17)12-6-4-5-7-13(12)25-2/h4-7H,3,9,19H2,1-2H3. The van der Waals surface area contributed by atoms with Gasteiger partial charge in [0.2, 0.25) is 5.16 Å². The number of aromatic nitrogens is 4. The van der Waals surface area contributed by atoms with Gasteiger partial charge in [-0.3, -0.25) is 0 Å². The minimum Gasteiger partial charge on any atom is -0.494 e. The van der Waals surface area contributed by atoms with Crippen LogP contribution in [0.3, 0.4) is 0 Å². The lowest BCUT2D eigenvalue weighted by molar-refractivity contribution is 0.0531. The molecule has 0 atom stereocenters. The molecule has 2 aromatic heterocycles. The molecule has 2 N–H and O–H groups in total. The van der Waals surface area contributed by atoms with Crippen molar-refractivity contribution in [1.82, 2.24) is 20.2 Å². The highest BCUT2D eigenvalue weighted by molar-refractivity contribution is 7.98. The molecule has 2 heterocycles. The molecular weight excluding hydrogens is 400 g/mol. The molecule has 3 rings (SSSR count). The Hall–Kier alpha value is -3.10. The number of hydrogen-bond donors (Lipinski definition) is 1. The fourth-order valence-corrected chi connectivity index (χ4v) is 4.40. The summed E-state index contributed by atoms with van der Waals surface area (Å²) in [6, 6.07) is 9.38. The van der Waals surface area contributed by atoms with Gasteiger partial charge in [0.25, 0.3) is 0 Å². The van der Waals surface area contributed by atoms with E-state index in [4.69, 9.17) is 15.2 Å². The molecule has 0 saturated heterocycles. The molecule has 0 amide bonds. The van der Waals surface area contributed by atoms with Gasteiger partial charge in [0, 0.05) is 11.3 Å². The molecule has 28 heavy (non-hydrogen) atoms. The zero-order chi connectivity index (χ0) is 20.1. The molecule has 11 heteroatoms. The van der Waals surface area contributed by atoms with E-state index in [0.29, 0.717) is 27.0 Å². The lowest BCUT2D eigenvalue weighted by atomic mass is 10.2. The van der Waals surface area contributed by atoms with Crippen LogP contribution >= 0.6 is 23.1 Å².